The summed E-state index contributed by atoms with van der Waals surface area (Å²) in [6.45, 7) is 8.02. The summed E-state index contributed by atoms with van der Waals surface area (Å²) in [5.74, 6) is 2.80. The summed E-state index contributed by atoms with van der Waals surface area (Å²) in [6.07, 6.45) is 5.17. The van der Waals surface area contributed by atoms with E-state index in [1.165, 1.54) is 5.56 Å². The van der Waals surface area contributed by atoms with Gasteiger partial charge in [0.25, 0.3) is 0 Å². The Hall–Kier alpha value is -1.08. The third kappa shape index (κ3) is 2.56. The quantitative estimate of drug-likeness (QED) is 0.736. The smallest absolute Gasteiger partial charge is 0.0646 e. The van der Waals surface area contributed by atoms with Gasteiger partial charge in [0, 0.05) is 5.92 Å². The van der Waals surface area contributed by atoms with Crippen molar-refractivity contribution in [2.24, 2.45) is 23.7 Å². The maximum atomic E-state index is 6.24. The zero-order valence-electron chi connectivity index (χ0n) is 12.9. The van der Waals surface area contributed by atoms with E-state index in [1.54, 1.807) is 5.57 Å². The van der Waals surface area contributed by atoms with Crippen molar-refractivity contribution in [3.8, 4) is 0 Å². The van der Waals surface area contributed by atoms with Crippen molar-refractivity contribution in [1.82, 2.24) is 0 Å². The molecule has 0 amide bonds. The first-order valence-corrected chi connectivity index (χ1v) is 8.00. The van der Waals surface area contributed by atoms with Crippen LogP contribution in [0.3, 0.4) is 0 Å². The molecule has 1 fully saturated rings. The van der Waals surface area contributed by atoms with Crippen LogP contribution in [0.15, 0.2) is 42.0 Å². The van der Waals surface area contributed by atoms with E-state index in [4.69, 9.17) is 4.74 Å². The first kappa shape index (κ1) is 13.9. The van der Waals surface area contributed by atoms with Crippen molar-refractivity contribution in [2.75, 3.05) is 6.61 Å². The van der Waals surface area contributed by atoms with E-state index in [1.807, 2.05) is 0 Å². The maximum absolute atomic E-state index is 6.24. The van der Waals surface area contributed by atoms with Gasteiger partial charge >= 0.3 is 0 Å². The number of aryl methyl sites for hydroxylation is 1. The molecule has 108 valence electrons. The highest BCUT2D eigenvalue weighted by molar-refractivity contribution is 5.18. The molecule has 0 aromatic heterocycles. The van der Waals surface area contributed by atoms with Gasteiger partial charge in [-0.05, 0) is 43.1 Å². The lowest BCUT2D eigenvalue weighted by Gasteiger charge is -2.47. The largest absolute Gasteiger partial charge is 0.377 e. The normalized spacial score (nSPS) is 36.5. The van der Waals surface area contributed by atoms with Crippen LogP contribution in [0.25, 0.3) is 0 Å². The summed E-state index contributed by atoms with van der Waals surface area (Å²) in [5.41, 5.74) is 2.98. The van der Waals surface area contributed by atoms with Crippen LogP contribution in [0, 0.1) is 23.7 Å². The van der Waals surface area contributed by atoms with E-state index in [0.29, 0.717) is 17.9 Å². The highest BCUT2D eigenvalue weighted by atomic mass is 16.5. The van der Waals surface area contributed by atoms with Gasteiger partial charge in [0.1, 0.15) is 0 Å². The number of hydrogen-bond acceptors (Lipinski definition) is 1. The summed E-state index contributed by atoms with van der Waals surface area (Å²) >= 11 is 0. The number of fused-ring (bicyclic) bond motifs is 2. The lowest BCUT2D eigenvalue weighted by molar-refractivity contribution is -0.0935. The maximum Gasteiger partial charge on any atom is 0.0646 e. The Morgan fingerprint density at radius 1 is 1.15 bits per heavy atom. The molecule has 0 spiro atoms. The average Bonchev–Trinajstić information content (AvgIpc) is 2.44. The molecule has 1 heteroatoms. The van der Waals surface area contributed by atoms with Crippen molar-refractivity contribution in [1.29, 1.82) is 0 Å². The second kappa shape index (κ2) is 5.73. The Balaban J connectivity index is 1.70. The topological polar surface area (TPSA) is 9.23 Å². The number of rotatable bonds is 3. The molecular weight excluding hydrogens is 244 g/mol. The third-order valence-corrected chi connectivity index (χ3v) is 5.43. The van der Waals surface area contributed by atoms with Gasteiger partial charge in [0.15, 0.2) is 0 Å². The fourth-order valence-electron chi connectivity index (χ4n) is 4.30. The molecule has 0 unspecified atom stereocenters. The number of hydrogen-bond donors (Lipinski definition) is 0. The van der Waals surface area contributed by atoms with Crippen LogP contribution in [0.4, 0.5) is 0 Å². The Morgan fingerprint density at radius 2 is 1.90 bits per heavy atom. The van der Waals surface area contributed by atoms with Gasteiger partial charge in [-0.25, -0.2) is 0 Å². The molecule has 20 heavy (non-hydrogen) atoms. The molecule has 1 aliphatic heterocycles. The van der Waals surface area contributed by atoms with Crippen LogP contribution in [0.5, 0.6) is 0 Å². The highest BCUT2D eigenvalue weighted by Crippen LogP contribution is 2.45. The predicted molar refractivity (Wildman–Crippen MR) is 83.6 cm³/mol. The molecule has 1 aromatic rings. The second-order valence-corrected chi connectivity index (χ2v) is 6.71. The summed E-state index contributed by atoms with van der Waals surface area (Å²) in [4.78, 5) is 0. The van der Waals surface area contributed by atoms with Crippen molar-refractivity contribution < 1.29 is 4.74 Å². The monoisotopic (exact) mass is 270 g/mol. The van der Waals surface area contributed by atoms with Gasteiger partial charge in [-0.2, -0.15) is 0 Å². The fourth-order valence-corrected chi connectivity index (χ4v) is 4.30. The first-order valence-electron chi connectivity index (χ1n) is 8.00. The van der Waals surface area contributed by atoms with E-state index in [2.05, 4.69) is 57.2 Å². The van der Waals surface area contributed by atoms with Crippen molar-refractivity contribution in [2.45, 2.75) is 39.7 Å². The van der Waals surface area contributed by atoms with E-state index < -0.39 is 0 Å². The lowest BCUT2D eigenvalue weighted by Crippen LogP contribution is -2.46. The standard InChI is InChI=1S/C19H26O/c1-13-11-14(2)19-15(3)17(13)12-20-18(19)10-9-16-7-5-4-6-8-16/h4-8,11,13,15,17-19H,9-10,12H2,1-3H3/t13-,15-,17-,18-,19+/m1/s1. The Morgan fingerprint density at radius 3 is 2.65 bits per heavy atom. The molecular formula is C19H26O. The molecule has 1 saturated heterocycles. The minimum atomic E-state index is 0.408. The molecule has 0 saturated carbocycles. The Kier molecular flexibility index (Phi) is 3.98. The zero-order valence-corrected chi connectivity index (χ0v) is 12.9. The molecule has 1 aliphatic carbocycles. The third-order valence-electron chi connectivity index (χ3n) is 5.43. The van der Waals surface area contributed by atoms with Crippen LogP contribution in [0.2, 0.25) is 0 Å². The minimum Gasteiger partial charge on any atom is -0.377 e. The van der Waals surface area contributed by atoms with Crippen molar-refractivity contribution in [3.63, 3.8) is 0 Å². The average molecular weight is 270 g/mol. The summed E-state index contributed by atoms with van der Waals surface area (Å²) < 4.78 is 6.24. The SMILES string of the molecule is CC1=C[C@@H](C)[C@H]2CO[C@H](CCc3ccccc3)[C@@H]1[C@@H]2C. The fraction of sp³-hybridized carbons (Fsp3) is 0.579. The predicted octanol–water partition coefficient (Wildman–Crippen LogP) is 4.48. The van der Waals surface area contributed by atoms with Gasteiger partial charge in [-0.15, -0.1) is 0 Å². The minimum absolute atomic E-state index is 0.408. The zero-order chi connectivity index (χ0) is 14.1. The molecule has 5 atom stereocenters. The summed E-state index contributed by atoms with van der Waals surface area (Å²) in [7, 11) is 0. The van der Waals surface area contributed by atoms with Crippen LogP contribution < -0.4 is 0 Å². The Labute approximate surface area is 123 Å². The van der Waals surface area contributed by atoms with Gasteiger partial charge in [0.2, 0.25) is 0 Å². The molecule has 2 aliphatic rings. The van der Waals surface area contributed by atoms with Crippen LogP contribution >= 0.6 is 0 Å². The van der Waals surface area contributed by atoms with Crippen LogP contribution in [-0.4, -0.2) is 12.7 Å². The van der Waals surface area contributed by atoms with Crippen LogP contribution in [-0.2, 0) is 11.2 Å². The summed E-state index contributed by atoms with van der Waals surface area (Å²) in [5, 5.41) is 0. The molecule has 3 rings (SSSR count). The van der Waals surface area contributed by atoms with Gasteiger partial charge in [-0.1, -0.05) is 55.8 Å². The molecule has 1 aromatic carbocycles. The number of allylic oxidation sites excluding steroid dienone is 1. The number of ether oxygens (including phenoxy) is 1. The molecule has 0 N–H and O–H groups in total. The van der Waals surface area contributed by atoms with E-state index in [0.717, 1.165) is 31.3 Å². The molecule has 1 nitrogen and oxygen atoms in total. The molecule has 1 heterocycles. The van der Waals surface area contributed by atoms with E-state index in [-0.39, 0.29) is 0 Å². The van der Waals surface area contributed by atoms with E-state index in [9.17, 15) is 0 Å². The van der Waals surface area contributed by atoms with Gasteiger partial charge < -0.3 is 4.74 Å². The Bertz CT molecular complexity index is 476. The summed E-state index contributed by atoms with van der Waals surface area (Å²) in [6, 6.07) is 10.8. The molecule has 0 radical (unpaired) electrons. The number of benzene rings is 1. The van der Waals surface area contributed by atoms with Gasteiger partial charge in [-0.3, -0.25) is 0 Å². The second-order valence-electron chi connectivity index (χ2n) is 6.71. The lowest BCUT2D eigenvalue weighted by atomic mass is 9.65. The first-order chi connectivity index (χ1) is 9.66. The van der Waals surface area contributed by atoms with Crippen molar-refractivity contribution in [3.05, 3.63) is 47.5 Å². The van der Waals surface area contributed by atoms with Crippen molar-refractivity contribution >= 4 is 0 Å². The molecule has 2 bridgehead atoms. The highest BCUT2D eigenvalue weighted by Gasteiger charge is 2.42. The van der Waals surface area contributed by atoms with Gasteiger partial charge in [0.05, 0.1) is 12.7 Å². The van der Waals surface area contributed by atoms with E-state index >= 15 is 0 Å². The van der Waals surface area contributed by atoms with Crippen LogP contribution in [0.1, 0.15) is 32.8 Å².